The molecule has 1 aliphatic rings. The summed E-state index contributed by atoms with van der Waals surface area (Å²) >= 11 is 5.88. The second-order valence-corrected chi connectivity index (χ2v) is 6.95. The molecule has 0 atom stereocenters. The maximum Gasteiger partial charge on any atom is 0.244 e. The lowest BCUT2D eigenvalue weighted by Gasteiger charge is -2.17. The molecule has 5 nitrogen and oxygen atoms in total. The van der Waals surface area contributed by atoms with E-state index < -0.39 is 10.0 Å². The van der Waals surface area contributed by atoms with Gasteiger partial charge in [0.25, 0.3) is 0 Å². The van der Waals surface area contributed by atoms with Crippen molar-refractivity contribution in [3.63, 3.8) is 0 Å². The largest absolute Gasteiger partial charge is 0.352 e. The van der Waals surface area contributed by atoms with Crippen molar-refractivity contribution in [1.82, 2.24) is 9.62 Å². The summed E-state index contributed by atoms with van der Waals surface area (Å²) in [5, 5.41) is 2.89. The van der Waals surface area contributed by atoms with Crippen molar-refractivity contribution in [2.45, 2.75) is 23.8 Å². The number of carbonyl (C=O) groups is 1. The van der Waals surface area contributed by atoms with Gasteiger partial charge in [-0.05, 0) is 25.0 Å². The summed E-state index contributed by atoms with van der Waals surface area (Å²) in [7, 11) is -2.37. The van der Waals surface area contributed by atoms with Gasteiger partial charge in [-0.2, -0.15) is 4.31 Å². The molecule has 0 bridgehead atoms. The number of hydrogen-bond acceptors (Lipinski definition) is 3. The van der Waals surface area contributed by atoms with Crippen molar-refractivity contribution >= 4 is 27.5 Å². The van der Waals surface area contributed by atoms with Crippen LogP contribution in [0.25, 0.3) is 0 Å². The van der Waals surface area contributed by atoms with Crippen LogP contribution in [-0.4, -0.2) is 38.3 Å². The molecule has 0 aliphatic heterocycles. The lowest BCUT2D eigenvalue weighted by Crippen LogP contribution is -2.39. The lowest BCUT2D eigenvalue weighted by molar-refractivity contribution is -0.121. The molecule has 1 saturated carbocycles. The predicted octanol–water partition coefficient (Wildman–Crippen LogP) is 1.24. The summed E-state index contributed by atoms with van der Waals surface area (Å²) in [6.45, 7) is -0.204. The molecule has 1 aliphatic carbocycles. The van der Waals surface area contributed by atoms with Crippen LogP contribution in [0.4, 0.5) is 0 Å². The van der Waals surface area contributed by atoms with Crippen LogP contribution in [0.1, 0.15) is 12.8 Å². The monoisotopic (exact) mass is 302 g/mol. The summed E-state index contributed by atoms with van der Waals surface area (Å²) in [5.41, 5.74) is 0. The molecule has 0 unspecified atom stereocenters. The number of amides is 1. The molecule has 0 radical (unpaired) electrons. The highest BCUT2D eigenvalue weighted by atomic mass is 35.5. The zero-order valence-electron chi connectivity index (χ0n) is 10.5. The fourth-order valence-electron chi connectivity index (χ4n) is 1.61. The second kappa shape index (κ2) is 5.48. The number of carbonyl (C=O) groups excluding carboxylic acids is 1. The van der Waals surface area contributed by atoms with Crippen molar-refractivity contribution in [1.29, 1.82) is 0 Å². The van der Waals surface area contributed by atoms with E-state index in [1.807, 2.05) is 0 Å². The first kappa shape index (κ1) is 14.3. The van der Waals surface area contributed by atoms with E-state index in [2.05, 4.69) is 5.32 Å². The van der Waals surface area contributed by atoms with E-state index in [0.29, 0.717) is 0 Å². The third-order valence-electron chi connectivity index (χ3n) is 2.83. The van der Waals surface area contributed by atoms with Gasteiger partial charge in [0.1, 0.15) is 4.90 Å². The minimum absolute atomic E-state index is 0.0124. The van der Waals surface area contributed by atoms with E-state index >= 15 is 0 Å². The number of nitrogens with zero attached hydrogens (tertiary/aromatic N) is 1. The van der Waals surface area contributed by atoms with Gasteiger partial charge in [0, 0.05) is 13.1 Å². The molecular formula is C12H15ClN2O3S. The van der Waals surface area contributed by atoms with Gasteiger partial charge >= 0.3 is 0 Å². The van der Waals surface area contributed by atoms with Gasteiger partial charge in [-0.25, -0.2) is 8.42 Å². The molecule has 1 amide bonds. The molecule has 0 saturated heterocycles. The molecule has 19 heavy (non-hydrogen) atoms. The van der Waals surface area contributed by atoms with Crippen LogP contribution in [0.15, 0.2) is 29.2 Å². The number of hydrogen-bond donors (Lipinski definition) is 1. The highest BCUT2D eigenvalue weighted by Crippen LogP contribution is 2.23. The average molecular weight is 303 g/mol. The van der Waals surface area contributed by atoms with Crippen molar-refractivity contribution in [3.8, 4) is 0 Å². The Bertz CT molecular complexity index is 584. The Kier molecular flexibility index (Phi) is 4.13. The average Bonchev–Trinajstić information content (AvgIpc) is 3.12. The van der Waals surface area contributed by atoms with Crippen molar-refractivity contribution < 1.29 is 13.2 Å². The molecular weight excluding hydrogens is 288 g/mol. The van der Waals surface area contributed by atoms with E-state index in [0.717, 1.165) is 17.1 Å². The Morgan fingerprint density at radius 3 is 2.63 bits per heavy atom. The van der Waals surface area contributed by atoms with Crippen LogP contribution in [0, 0.1) is 0 Å². The van der Waals surface area contributed by atoms with Crippen LogP contribution >= 0.6 is 11.6 Å². The minimum Gasteiger partial charge on any atom is -0.352 e. The van der Waals surface area contributed by atoms with Gasteiger partial charge in [0.15, 0.2) is 0 Å². The predicted molar refractivity (Wildman–Crippen MR) is 72.4 cm³/mol. The van der Waals surface area contributed by atoms with Crippen LogP contribution in [0.2, 0.25) is 5.02 Å². The highest BCUT2D eigenvalue weighted by Gasteiger charge is 2.28. The number of halogens is 1. The van der Waals surface area contributed by atoms with E-state index in [1.165, 1.54) is 19.2 Å². The summed E-state index contributed by atoms with van der Waals surface area (Å²) in [5.74, 6) is -0.291. The molecule has 1 aromatic rings. The highest BCUT2D eigenvalue weighted by molar-refractivity contribution is 7.89. The normalized spacial score (nSPS) is 15.5. The third kappa shape index (κ3) is 3.46. The zero-order chi connectivity index (χ0) is 14.0. The third-order valence-corrected chi connectivity index (χ3v) is 5.14. The SMILES string of the molecule is CN(CC(=O)NC1CC1)S(=O)(=O)c1ccccc1Cl. The molecule has 1 aromatic carbocycles. The van der Waals surface area contributed by atoms with Crippen LogP contribution in [-0.2, 0) is 14.8 Å². The van der Waals surface area contributed by atoms with E-state index in [9.17, 15) is 13.2 Å². The Hall–Kier alpha value is -1.11. The fraction of sp³-hybridized carbons (Fsp3) is 0.417. The molecule has 7 heteroatoms. The first-order valence-corrected chi connectivity index (χ1v) is 7.73. The minimum atomic E-state index is -3.74. The smallest absolute Gasteiger partial charge is 0.244 e. The number of benzene rings is 1. The van der Waals surface area contributed by atoms with Gasteiger partial charge in [-0.3, -0.25) is 4.79 Å². The number of sulfonamides is 1. The van der Waals surface area contributed by atoms with Gasteiger partial charge in [-0.1, -0.05) is 23.7 Å². The van der Waals surface area contributed by atoms with Crippen LogP contribution in [0.5, 0.6) is 0 Å². The van der Waals surface area contributed by atoms with Gasteiger partial charge < -0.3 is 5.32 Å². The molecule has 0 spiro atoms. The summed E-state index contributed by atoms with van der Waals surface area (Å²) in [4.78, 5) is 11.6. The molecule has 0 heterocycles. The molecule has 2 rings (SSSR count). The van der Waals surface area contributed by atoms with Crippen LogP contribution < -0.4 is 5.32 Å². The van der Waals surface area contributed by atoms with E-state index in [-0.39, 0.29) is 28.4 Å². The summed E-state index contributed by atoms with van der Waals surface area (Å²) in [6, 6.07) is 6.39. The standard InChI is InChI=1S/C12H15ClN2O3S/c1-15(8-12(16)14-9-6-7-9)19(17,18)11-5-3-2-4-10(11)13/h2-5,9H,6-8H2,1H3,(H,14,16). The Morgan fingerprint density at radius 1 is 1.42 bits per heavy atom. The molecule has 104 valence electrons. The summed E-state index contributed by atoms with van der Waals surface area (Å²) in [6.07, 6.45) is 1.93. The Morgan fingerprint density at radius 2 is 2.05 bits per heavy atom. The quantitative estimate of drug-likeness (QED) is 0.890. The first-order valence-electron chi connectivity index (χ1n) is 5.91. The number of likely N-dealkylation sites (N-methyl/N-ethyl adjacent to an activating group) is 1. The summed E-state index contributed by atoms with van der Waals surface area (Å²) < 4.78 is 25.5. The first-order chi connectivity index (χ1) is 8.91. The molecule has 0 aromatic heterocycles. The fourth-order valence-corrected chi connectivity index (χ4v) is 3.23. The van der Waals surface area contributed by atoms with Crippen molar-refractivity contribution in [2.75, 3.05) is 13.6 Å². The van der Waals surface area contributed by atoms with Gasteiger partial charge in [0.05, 0.1) is 11.6 Å². The number of rotatable bonds is 5. The molecule has 1 fully saturated rings. The van der Waals surface area contributed by atoms with E-state index in [1.54, 1.807) is 12.1 Å². The van der Waals surface area contributed by atoms with Gasteiger partial charge in [0.2, 0.25) is 15.9 Å². The van der Waals surface area contributed by atoms with Gasteiger partial charge in [-0.15, -0.1) is 0 Å². The van der Waals surface area contributed by atoms with Crippen molar-refractivity contribution in [2.24, 2.45) is 0 Å². The maximum atomic E-state index is 12.3. The Balaban J connectivity index is 2.10. The number of nitrogens with one attached hydrogen (secondary N) is 1. The van der Waals surface area contributed by atoms with Crippen LogP contribution in [0.3, 0.4) is 0 Å². The lowest BCUT2D eigenvalue weighted by atomic mass is 10.4. The molecule has 1 N–H and O–H groups in total. The maximum absolute atomic E-state index is 12.3. The zero-order valence-corrected chi connectivity index (χ0v) is 12.0. The van der Waals surface area contributed by atoms with E-state index in [4.69, 9.17) is 11.6 Å². The Labute approximate surface area is 117 Å². The van der Waals surface area contributed by atoms with Crippen molar-refractivity contribution in [3.05, 3.63) is 29.3 Å². The second-order valence-electron chi connectivity index (χ2n) is 4.53. The topological polar surface area (TPSA) is 66.5 Å².